The minimum Gasteiger partial charge on any atom is -0.465 e. The van der Waals surface area contributed by atoms with Gasteiger partial charge in [-0.3, -0.25) is 4.90 Å². The molecule has 31 heavy (non-hydrogen) atoms. The second kappa shape index (κ2) is 9.95. The third kappa shape index (κ3) is 5.83. The zero-order valence-corrected chi connectivity index (χ0v) is 19.6. The van der Waals surface area contributed by atoms with Gasteiger partial charge in [-0.05, 0) is 44.0 Å². The van der Waals surface area contributed by atoms with E-state index < -0.39 is 31.9 Å². The molecule has 2 fully saturated rings. The molecule has 2 heterocycles. The van der Waals surface area contributed by atoms with E-state index in [2.05, 4.69) is 4.90 Å². The Kier molecular flexibility index (Phi) is 7.74. The molecule has 1 aromatic rings. The van der Waals surface area contributed by atoms with Crippen molar-refractivity contribution in [3.05, 3.63) is 29.3 Å². The number of hydrogen-bond donors (Lipinski definition) is 0. The standard InChI is InChI=1S/C20H30N2O7S2/c1-16-4-5-17(20(23)28-2)14-19(16)31(26,27)22(18-6-13-30(24,25)15-18)8-3-7-21-9-11-29-12-10-21/h4-5,14,18H,3,6-13,15H2,1-2H3. The molecule has 11 heteroatoms. The van der Waals surface area contributed by atoms with Crippen LogP contribution < -0.4 is 0 Å². The highest BCUT2D eigenvalue weighted by Crippen LogP contribution is 2.28. The van der Waals surface area contributed by atoms with Crippen LogP contribution in [0.2, 0.25) is 0 Å². The maximum atomic E-state index is 13.6. The fraction of sp³-hybridized carbons (Fsp3) is 0.650. The van der Waals surface area contributed by atoms with Gasteiger partial charge in [-0.15, -0.1) is 0 Å². The van der Waals surface area contributed by atoms with Gasteiger partial charge >= 0.3 is 5.97 Å². The maximum absolute atomic E-state index is 13.6. The first kappa shape index (κ1) is 24.1. The number of aryl methyl sites for hydroxylation is 1. The van der Waals surface area contributed by atoms with Gasteiger partial charge in [0.15, 0.2) is 9.84 Å². The van der Waals surface area contributed by atoms with Crippen LogP contribution in [-0.4, -0.2) is 96.1 Å². The summed E-state index contributed by atoms with van der Waals surface area (Å²) in [6, 6.07) is 3.79. The Bertz CT molecular complexity index is 1000. The molecule has 1 atom stereocenters. The fourth-order valence-electron chi connectivity index (χ4n) is 4.03. The molecule has 9 nitrogen and oxygen atoms in total. The summed E-state index contributed by atoms with van der Waals surface area (Å²) in [6.07, 6.45) is 0.848. The number of benzene rings is 1. The lowest BCUT2D eigenvalue weighted by molar-refractivity contribution is 0.0367. The number of sulfone groups is 1. The largest absolute Gasteiger partial charge is 0.465 e. The summed E-state index contributed by atoms with van der Waals surface area (Å²) in [6.45, 7) is 5.48. The number of carbonyl (C=O) groups excluding carboxylic acids is 1. The second-order valence-electron chi connectivity index (χ2n) is 7.95. The molecule has 1 aromatic carbocycles. The van der Waals surface area contributed by atoms with E-state index in [0.717, 1.165) is 13.1 Å². The van der Waals surface area contributed by atoms with E-state index in [1.54, 1.807) is 13.0 Å². The van der Waals surface area contributed by atoms with Crippen molar-refractivity contribution in [2.45, 2.75) is 30.7 Å². The Hall–Kier alpha value is -1.53. The molecule has 174 valence electrons. The molecule has 2 aliphatic rings. The minimum absolute atomic E-state index is 0.00562. The number of hydrogen-bond acceptors (Lipinski definition) is 8. The minimum atomic E-state index is -4.01. The van der Waals surface area contributed by atoms with Gasteiger partial charge < -0.3 is 9.47 Å². The van der Waals surface area contributed by atoms with Crippen LogP contribution >= 0.6 is 0 Å². The topological polar surface area (TPSA) is 110 Å². The van der Waals surface area contributed by atoms with E-state index in [9.17, 15) is 21.6 Å². The predicted molar refractivity (Wildman–Crippen MR) is 115 cm³/mol. The molecule has 0 amide bonds. The van der Waals surface area contributed by atoms with Gasteiger partial charge in [-0.25, -0.2) is 21.6 Å². The fourth-order valence-corrected chi connectivity index (χ4v) is 7.80. The van der Waals surface area contributed by atoms with Crippen LogP contribution in [0.1, 0.15) is 28.8 Å². The molecule has 0 radical (unpaired) electrons. The molecule has 0 aliphatic carbocycles. The van der Waals surface area contributed by atoms with E-state index in [-0.39, 0.29) is 34.9 Å². The lowest BCUT2D eigenvalue weighted by atomic mass is 10.1. The summed E-state index contributed by atoms with van der Waals surface area (Å²) >= 11 is 0. The molecule has 2 saturated heterocycles. The molecule has 0 spiro atoms. The number of methoxy groups -OCH3 is 1. The number of carbonyl (C=O) groups is 1. The molecule has 0 bridgehead atoms. The molecule has 0 aromatic heterocycles. The zero-order chi connectivity index (χ0) is 22.6. The zero-order valence-electron chi connectivity index (χ0n) is 17.9. The smallest absolute Gasteiger partial charge is 0.337 e. The van der Waals surface area contributed by atoms with Crippen molar-refractivity contribution in [3.8, 4) is 0 Å². The van der Waals surface area contributed by atoms with Gasteiger partial charge in [-0.1, -0.05) is 6.07 Å². The number of rotatable bonds is 8. The van der Waals surface area contributed by atoms with Crippen LogP contribution in [0.25, 0.3) is 0 Å². The van der Waals surface area contributed by atoms with E-state index in [0.29, 0.717) is 31.7 Å². The van der Waals surface area contributed by atoms with Crippen molar-refractivity contribution >= 4 is 25.8 Å². The molecule has 0 saturated carbocycles. The van der Waals surface area contributed by atoms with E-state index >= 15 is 0 Å². The summed E-state index contributed by atoms with van der Waals surface area (Å²) in [5.41, 5.74) is 0.630. The number of sulfonamides is 1. The van der Waals surface area contributed by atoms with Gasteiger partial charge in [0, 0.05) is 25.7 Å². The van der Waals surface area contributed by atoms with Crippen molar-refractivity contribution in [2.75, 3.05) is 58.0 Å². The van der Waals surface area contributed by atoms with Crippen molar-refractivity contribution in [1.29, 1.82) is 0 Å². The van der Waals surface area contributed by atoms with E-state index in [4.69, 9.17) is 9.47 Å². The van der Waals surface area contributed by atoms with Gasteiger partial charge in [-0.2, -0.15) is 4.31 Å². The Balaban J connectivity index is 1.87. The summed E-state index contributed by atoms with van der Waals surface area (Å²) in [4.78, 5) is 14.2. The highest BCUT2D eigenvalue weighted by molar-refractivity contribution is 7.92. The number of ether oxygens (including phenoxy) is 2. The van der Waals surface area contributed by atoms with E-state index in [1.807, 2.05) is 0 Å². The van der Waals surface area contributed by atoms with Crippen LogP contribution in [0.4, 0.5) is 0 Å². The first-order valence-corrected chi connectivity index (χ1v) is 13.6. The Morgan fingerprint density at radius 2 is 2.00 bits per heavy atom. The van der Waals surface area contributed by atoms with Crippen molar-refractivity contribution in [3.63, 3.8) is 0 Å². The SMILES string of the molecule is COC(=O)c1ccc(C)c(S(=O)(=O)N(CCCN2CCOCC2)C2CCS(=O)(=O)C2)c1. The molecule has 3 rings (SSSR count). The highest BCUT2D eigenvalue weighted by atomic mass is 32.2. The first-order chi connectivity index (χ1) is 14.6. The lowest BCUT2D eigenvalue weighted by Crippen LogP contribution is -2.43. The summed E-state index contributed by atoms with van der Waals surface area (Å²) in [7, 11) is -6.05. The van der Waals surface area contributed by atoms with Gasteiger partial charge in [0.25, 0.3) is 0 Å². The van der Waals surface area contributed by atoms with Gasteiger partial charge in [0.05, 0.1) is 42.3 Å². The second-order valence-corrected chi connectivity index (χ2v) is 12.0. The molecular formula is C20H30N2O7S2. The quantitative estimate of drug-likeness (QED) is 0.506. The lowest BCUT2D eigenvalue weighted by Gasteiger charge is -2.30. The molecular weight excluding hydrogens is 444 g/mol. The Labute approximate surface area is 184 Å². The highest BCUT2D eigenvalue weighted by Gasteiger charge is 2.39. The van der Waals surface area contributed by atoms with Crippen LogP contribution in [0.5, 0.6) is 0 Å². The molecule has 1 unspecified atom stereocenters. The third-order valence-corrected chi connectivity index (χ3v) is 9.61. The summed E-state index contributed by atoms with van der Waals surface area (Å²) in [5, 5.41) is 0. The summed E-state index contributed by atoms with van der Waals surface area (Å²) < 4.78 is 62.8. The number of esters is 1. The Morgan fingerprint density at radius 3 is 2.61 bits per heavy atom. The van der Waals surface area contributed by atoms with Crippen LogP contribution in [0.15, 0.2) is 23.1 Å². The van der Waals surface area contributed by atoms with Crippen LogP contribution in [-0.2, 0) is 29.3 Å². The van der Waals surface area contributed by atoms with E-state index in [1.165, 1.54) is 23.5 Å². The molecule has 0 N–H and O–H groups in total. The number of morpholine rings is 1. The third-order valence-electron chi connectivity index (χ3n) is 5.77. The van der Waals surface area contributed by atoms with Gasteiger partial charge in [0.2, 0.25) is 10.0 Å². The van der Waals surface area contributed by atoms with Crippen LogP contribution in [0.3, 0.4) is 0 Å². The first-order valence-electron chi connectivity index (χ1n) is 10.4. The summed E-state index contributed by atoms with van der Waals surface area (Å²) in [5.74, 6) is -0.827. The average Bonchev–Trinajstić information content (AvgIpc) is 3.10. The van der Waals surface area contributed by atoms with Crippen molar-refractivity contribution < 1.29 is 31.1 Å². The Morgan fingerprint density at radius 1 is 1.29 bits per heavy atom. The number of nitrogens with zero attached hydrogens (tertiary/aromatic N) is 2. The van der Waals surface area contributed by atoms with Crippen molar-refractivity contribution in [1.82, 2.24) is 9.21 Å². The monoisotopic (exact) mass is 474 g/mol. The van der Waals surface area contributed by atoms with Gasteiger partial charge in [0.1, 0.15) is 0 Å². The predicted octanol–water partition coefficient (Wildman–Crippen LogP) is 0.682. The normalized spacial score (nSPS) is 22.0. The maximum Gasteiger partial charge on any atom is 0.337 e. The molecule has 2 aliphatic heterocycles. The average molecular weight is 475 g/mol. The van der Waals surface area contributed by atoms with Crippen molar-refractivity contribution in [2.24, 2.45) is 0 Å². The van der Waals surface area contributed by atoms with Crippen LogP contribution in [0, 0.1) is 6.92 Å².